The van der Waals surface area contributed by atoms with Gasteiger partial charge >= 0.3 is 9.28 Å². The van der Waals surface area contributed by atoms with E-state index in [1.165, 1.54) is 0 Å². The summed E-state index contributed by atoms with van der Waals surface area (Å²) < 4.78 is 17.1. The Labute approximate surface area is 97.1 Å². The van der Waals surface area contributed by atoms with Crippen LogP contribution in [-0.2, 0) is 13.3 Å². The van der Waals surface area contributed by atoms with Crippen LogP contribution in [0.2, 0.25) is 25.2 Å². The highest BCUT2D eigenvalue weighted by Crippen LogP contribution is 2.16. The number of hydrogen-bond acceptors (Lipinski definition) is 3. The summed E-state index contributed by atoms with van der Waals surface area (Å²) in [7, 11) is -2.85. The van der Waals surface area contributed by atoms with Gasteiger partial charge in [0.1, 0.15) is 0 Å². The molecule has 0 rings (SSSR count). The van der Waals surface area contributed by atoms with Crippen molar-refractivity contribution in [3.63, 3.8) is 0 Å². The predicted molar refractivity (Wildman–Crippen MR) is 69.1 cm³/mol. The van der Waals surface area contributed by atoms with Gasteiger partial charge < -0.3 is 13.3 Å². The topological polar surface area (TPSA) is 27.7 Å². The summed E-state index contributed by atoms with van der Waals surface area (Å²) in [6.07, 6.45) is 0. The number of rotatable bonds is 9. The Morgan fingerprint density at radius 2 is 1.47 bits per heavy atom. The summed E-state index contributed by atoms with van der Waals surface area (Å²) in [4.78, 5) is 0. The van der Waals surface area contributed by atoms with Crippen LogP contribution in [0.3, 0.4) is 0 Å². The molecule has 0 spiro atoms. The van der Waals surface area contributed by atoms with E-state index in [2.05, 4.69) is 20.0 Å². The second-order valence-electron chi connectivity index (χ2n) is 4.07. The highest BCUT2D eigenvalue weighted by molar-refractivity contribution is 6.72. The molecule has 0 radical (unpaired) electrons. The second kappa shape index (κ2) is 8.46. The monoisotopic (exact) mass is 250 g/mol. The minimum absolute atomic E-state index is 0.771. The zero-order valence-corrected chi connectivity index (χ0v) is 13.0. The Bertz CT molecular complexity index is 148. The van der Waals surface area contributed by atoms with Gasteiger partial charge in [-0.05, 0) is 46.0 Å². The maximum absolute atomic E-state index is 5.79. The van der Waals surface area contributed by atoms with E-state index in [1.54, 1.807) is 0 Å². The first-order valence-electron chi connectivity index (χ1n) is 5.92. The van der Waals surface area contributed by atoms with E-state index in [-0.39, 0.29) is 0 Å². The molecule has 0 saturated heterocycles. The second-order valence-corrected chi connectivity index (χ2v) is 10.5. The van der Waals surface area contributed by atoms with Gasteiger partial charge in [0.15, 0.2) is 8.32 Å². The molecule has 92 valence electrons. The van der Waals surface area contributed by atoms with Crippen molar-refractivity contribution in [3.05, 3.63) is 0 Å². The normalized spacial score (nSPS) is 12.4. The minimum Gasteiger partial charge on any atom is -0.418 e. The molecular weight excluding hydrogens is 224 g/mol. The zero-order chi connectivity index (χ0) is 11.7. The van der Waals surface area contributed by atoms with Gasteiger partial charge in [-0.25, -0.2) is 0 Å². The van der Waals surface area contributed by atoms with Crippen molar-refractivity contribution < 1.29 is 13.3 Å². The Morgan fingerprint density at radius 3 is 1.87 bits per heavy atom. The molecule has 0 aromatic rings. The lowest BCUT2D eigenvalue weighted by Crippen LogP contribution is -2.33. The summed E-state index contributed by atoms with van der Waals surface area (Å²) >= 11 is 0. The molecule has 0 unspecified atom stereocenters. The third kappa shape index (κ3) is 8.16. The van der Waals surface area contributed by atoms with Gasteiger partial charge in [0.2, 0.25) is 0 Å². The lowest BCUT2D eigenvalue weighted by Gasteiger charge is -2.23. The molecule has 0 atom stereocenters. The molecule has 0 heterocycles. The van der Waals surface area contributed by atoms with Crippen molar-refractivity contribution in [2.75, 3.05) is 19.8 Å². The fourth-order valence-corrected chi connectivity index (χ4v) is 7.34. The van der Waals surface area contributed by atoms with Crippen LogP contribution in [0.1, 0.15) is 20.8 Å². The van der Waals surface area contributed by atoms with E-state index in [0.29, 0.717) is 0 Å². The SMILES string of the molecule is CCO[SiH](CC[Si](C)(C)OCC)OCC. The fraction of sp³-hybridized carbons (Fsp3) is 1.00. The average molecular weight is 250 g/mol. The van der Waals surface area contributed by atoms with Crippen LogP contribution in [0.4, 0.5) is 0 Å². The molecule has 0 fully saturated rings. The molecular formula is C10H26O3Si2. The predicted octanol–water partition coefficient (Wildman–Crippen LogP) is 2.52. The highest BCUT2D eigenvalue weighted by Gasteiger charge is 2.24. The summed E-state index contributed by atoms with van der Waals surface area (Å²) in [6, 6.07) is 2.23. The van der Waals surface area contributed by atoms with E-state index in [0.717, 1.165) is 31.9 Å². The first kappa shape index (κ1) is 15.3. The molecule has 0 aromatic heterocycles. The Kier molecular flexibility index (Phi) is 8.64. The lowest BCUT2D eigenvalue weighted by molar-refractivity contribution is 0.214. The van der Waals surface area contributed by atoms with Crippen LogP contribution in [-0.4, -0.2) is 37.4 Å². The van der Waals surface area contributed by atoms with Crippen LogP contribution in [0.25, 0.3) is 0 Å². The van der Waals surface area contributed by atoms with Crippen molar-refractivity contribution in [2.24, 2.45) is 0 Å². The van der Waals surface area contributed by atoms with E-state index < -0.39 is 17.6 Å². The van der Waals surface area contributed by atoms with E-state index in [1.807, 2.05) is 13.8 Å². The Balaban J connectivity index is 3.85. The van der Waals surface area contributed by atoms with E-state index in [9.17, 15) is 0 Å². The van der Waals surface area contributed by atoms with Gasteiger partial charge in [0, 0.05) is 19.8 Å². The molecule has 0 amide bonds. The van der Waals surface area contributed by atoms with Gasteiger partial charge in [-0.15, -0.1) is 0 Å². The Hall–Kier alpha value is 0.314. The molecule has 0 N–H and O–H groups in total. The average Bonchev–Trinajstić information content (AvgIpc) is 2.15. The maximum atomic E-state index is 5.79. The maximum Gasteiger partial charge on any atom is 0.321 e. The molecule has 0 aliphatic rings. The zero-order valence-electron chi connectivity index (χ0n) is 10.8. The standard InChI is InChI=1S/C10H26O3Si2/c1-6-11-14(12-7-2)9-10-15(4,5)13-8-3/h14H,6-10H2,1-5H3. The molecule has 15 heavy (non-hydrogen) atoms. The van der Waals surface area contributed by atoms with Crippen molar-refractivity contribution >= 4 is 17.6 Å². The lowest BCUT2D eigenvalue weighted by atomic mass is 10.9. The van der Waals surface area contributed by atoms with E-state index >= 15 is 0 Å². The fourth-order valence-electron chi connectivity index (χ4n) is 1.51. The highest BCUT2D eigenvalue weighted by atomic mass is 28.4. The van der Waals surface area contributed by atoms with E-state index in [4.69, 9.17) is 13.3 Å². The quantitative estimate of drug-likeness (QED) is 0.589. The van der Waals surface area contributed by atoms with Crippen molar-refractivity contribution in [1.82, 2.24) is 0 Å². The largest absolute Gasteiger partial charge is 0.418 e. The van der Waals surface area contributed by atoms with Crippen molar-refractivity contribution in [2.45, 2.75) is 46.0 Å². The van der Waals surface area contributed by atoms with Gasteiger partial charge in [0.05, 0.1) is 0 Å². The van der Waals surface area contributed by atoms with Crippen LogP contribution < -0.4 is 0 Å². The molecule has 0 bridgehead atoms. The summed E-state index contributed by atoms with van der Waals surface area (Å²) in [5, 5.41) is 0. The van der Waals surface area contributed by atoms with Crippen LogP contribution in [0.15, 0.2) is 0 Å². The van der Waals surface area contributed by atoms with Crippen molar-refractivity contribution in [3.8, 4) is 0 Å². The minimum atomic E-state index is -1.45. The molecule has 5 heteroatoms. The van der Waals surface area contributed by atoms with Gasteiger partial charge in [-0.3, -0.25) is 0 Å². The molecule has 0 aliphatic carbocycles. The van der Waals surface area contributed by atoms with Crippen LogP contribution in [0.5, 0.6) is 0 Å². The third-order valence-corrected chi connectivity index (χ3v) is 7.53. The summed E-state index contributed by atoms with van der Waals surface area (Å²) in [5.74, 6) is 0. The third-order valence-electron chi connectivity index (χ3n) is 2.22. The summed E-state index contributed by atoms with van der Waals surface area (Å²) in [6.45, 7) is 13.0. The van der Waals surface area contributed by atoms with Crippen molar-refractivity contribution in [1.29, 1.82) is 0 Å². The summed E-state index contributed by atoms with van der Waals surface area (Å²) in [5.41, 5.74) is 0. The van der Waals surface area contributed by atoms with Gasteiger partial charge in [-0.1, -0.05) is 0 Å². The molecule has 3 nitrogen and oxygen atoms in total. The number of hydrogen-bond donors (Lipinski definition) is 0. The first-order valence-corrected chi connectivity index (χ1v) is 10.8. The van der Waals surface area contributed by atoms with Gasteiger partial charge in [-0.2, -0.15) is 0 Å². The molecule has 0 saturated carbocycles. The Morgan fingerprint density at radius 1 is 0.933 bits per heavy atom. The smallest absolute Gasteiger partial charge is 0.321 e. The van der Waals surface area contributed by atoms with Crippen LogP contribution in [0, 0.1) is 0 Å². The molecule has 0 aliphatic heterocycles. The van der Waals surface area contributed by atoms with Crippen LogP contribution >= 0.6 is 0 Å². The van der Waals surface area contributed by atoms with Gasteiger partial charge in [0.25, 0.3) is 0 Å². The first-order chi connectivity index (χ1) is 7.05. The molecule has 0 aromatic carbocycles.